The molecule has 4 nitrogen and oxygen atoms in total. The smallest absolute Gasteiger partial charge is 0.299 e. The molecule has 3 fully saturated rings. The van der Waals surface area contributed by atoms with Crippen LogP contribution >= 0.6 is 0 Å². The SMILES string of the molecule is O=C1CCCCC1c1c2c(cc(C3CCCCC3)c1C1CCCCC1)-c1ccccc1C2.O=S(=O)(O)C(F)(F)F. The van der Waals surface area contributed by atoms with E-state index in [0.717, 1.165) is 25.7 Å². The summed E-state index contributed by atoms with van der Waals surface area (Å²) in [5, 5.41) is 0. The molecule has 2 aromatic rings. The topological polar surface area (TPSA) is 71.4 Å². The van der Waals surface area contributed by atoms with Gasteiger partial charge in [-0.2, -0.15) is 21.6 Å². The maximum absolute atomic E-state index is 13.4. The zero-order valence-corrected chi connectivity index (χ0v) is 23.8. The van der Waals surface area contributed by atoms with Gasteiger partial charge in [0, 0.05) is 12.3 Å². The van der Waals surface area contributed by atoms with Crippen molar-refractivity contribution in [3.63, 3.8) is 0 Å². The van der Waals surface area contributed by atoms with E-state index >= 15 is 0 Å². The normalized spacial score (nSPS) is 22.3. The number of alkyl halides is 3. The van der Waals surface area contributed by atoms with E-state index in [1.807, 2.05) is 0 Å². The number of ketones is 1. The highest BCUT2D eigenvalue weighted by Crippen LogP contribution is 2.52. The molecule has 218 valence electrons. The Kier molecular flexibility index (Phi) is 8.77. The minimum atomic E-state index is -5.84. The number of carbonyl (C=O) groups excluding carboxylic acids is 1. The molecule has 0 radical (unpaired) electrons. The van der Waals surface area contributed by atoms with Crippen LogP contribution < -0.4 is 0 Å². The molecule has 3 saturated carbocycles. The van der Waals surface area contributed by atoms with Crippen LogP contribution in [0.2, 0.25) is 0 Å². The summed E-state index contributed by atoms with van der Waals surface area (Å²) < 4.78 is 57.5. The molecular weight excluding hydrogens is 537 g/mol. The lowest BCUT2D eigenvalue weighted by atomic mass is 9.68. The molecule has 4 aliphatic rings. The third-order valence-corrected chi connectivity index (χ3v) is 10.1. The zero-order chi connectivity index (χ0) is 28.5. The molecule has 0 bridgehead atoms. The highest BCUT2D eigenvalue weighted by Gasteiger charge is 2.44. The Bertz CT molecular complexity index is 1340. The summed E-state index contributed by atoms with van der Waals surface area (Å²) >= 11 is 0. The molecule has 1 unspecified atom stereocenters. The molecule has 1 atom stereocenters. The molecule has 4 aliphatic carbocycles. The Balaban J connectivity index is 0.000000355. The van der Waals surface area contributed by atoms with Crippen molar-refractivity contribution < 1.29 is 30.9 Å². The first-order valence-electron chi connectivity index (χ1n) is 14.9. The number of benzene rings is 2. The predicted molar refractivity (Wildman–Crippen MR) is 150 cm³/mol. The van der Waals surface area contributed by atoms with E-state index in [1.165, 1.54) is 98.4 Å². The highest BCUT2D eigenvalue weighted by molar-refractivity contribution is 7.86. The Morgan fingerprint density at radius 2 is 1.32 bits per heavy atom. The lowest BCUT2D eigenvalue weighted by molar-refractivity contribution is -0.121. The Morgan fingerprint density at radius 3 is 1.93 bits per heavy atom. The number of carbonyl (C=O) groups is 1. The molecule has 8 heteroatoms. The first-order chi connectivity index (χ1) is 19.1. The average Bonchev–Trinajstić information content (AvgIpc) is 3.31. The largest absolute Gasteiger partial charge is 0.522 e. The Hall–Kier alpha value is -2.19. The summed E-state index contributed by atoms with van der Waals surface area (Å²) in [5.41, 5.74) is 5.29. The molecule has 6 rings (SSSR count). The monoisotopic (exact) mass is 576 g/mol. The number of rotatable bonds is 3. The van der Waals surface area contributed by atoms with E-state index < -0.39 is 15.6 Å². The maximum Gasteiger partial charge on any atom is 0.522 e. The van der Waals surface area contributed by atoms with Crippen molar-refractivity contribution in [2.24, 2.45) is 0 Å². The van der Waals surface area contributed by atoms with Gasteiger partial charge in [0.05, 0.1) is 0 Å². The van der Waals surface area contributed by atoms with E-state index in [0.29, 0.717) is 17.6 Å². The molecule has 0 spiro atoms. The van der Waals surface area contributed by atoms with Crippen molar-refractivity contribution >= 4 is 15.9 Å². The first-order valence-corrected chi connectivity index (χ1v) is 16.3. The van der Waals surface area contributed by atoms with Crippen molar-refractivity contribution in [2.75, 3.05) is 0 Å². The van der Waals surface area contributed by atoms with Gasteiger partial charge in [-0.15, -0.1) is 0 Å². The molecule has 1 N–H and O–H groups in total. The Labute approximate surface area is 235 Å². The van der Waals surface area contributed by atoms with Crippen LogP contribution in [0.5, 0.6) is 0 Å². The van der Waals surface area contributed by atoms with Crippen LogP contribution in [0, 0.1) is 0 Å². The summed E-state index contributed by atoms with van der Waals surface area (Å²) in [6, 6.07) is 11.7. The molecule has 0 heterocycles. The maximum atomic E-state index is 13.4. The molecule has 0 aromatic heterocycles. The van der Waals surface area contributed by atoms with Gasteiger partial charge in [0.1, 0.15) is 5.78 Å². The van der Waals surface area contributed by atoms with E-state index in [2.05, 4.69) is 30.3 Å². The molecule has 40 heavy (non-hydrogen) atoms. The lowest BCUT2D eigenvalue weighted by Gasteiger charge is -2.36. The molecule has 2 aromatic carbocycles. The van der Waals surface area contributed by atoms with Gasteiger partial charge in [-0.3, -0.25) is 9.35 Å². The second-order valence-corrected chi connectivity index (χ2v) is 13.4. The standard InChI is InChI=1S/C31H38O.CHF3O3S/c32-29-18-10-9-17-25(29)31-28-19-23-15-7-8-16-24(23)27(28)20-26(21-11-3-1-4-12-21)30(31)22-13-5-2-6-14-22;2-1(3,4)8(5,6)7/h7-8,15-16,20-22,25H,1-6,9-14,17-19H2;(H,5,6,7). The second-order valence-electron chi connectivity index (χ2n) is 12.0. The van der Waals surface area contributed by atoms with Crippen LogP contribution in [0.25, 0.3) is 11.1 Å². The van der Waals surface area contributed by atoms with Gasteiger partial charge in [-0.05, 0) is 95.7 Å². The lowest BCUT2D eigenvalue weighted by Crippen LogP contribution is -2.24. The summed E-state index contributed by atoms with van der Waals surface area (Å²) in [7, 11) is -5.84. The highest BCUT2D eigenvalue weighted by atomic mass is 32.2. The number of halogens is 3. The van der Waals surface area contributed by atoms with Crippen LogP contribution in [-0.4, -0.2) is 24.3 Å². The van der Waals surface area contributed by atoms with Gasteiger partial charge in [0.2, 0.25) is 0 Å². The van der Waals surface area contributed by atoms with Gasteiger partial charge < -0.3 is 0 Å². The van der Waals surface area contributed by atoms with Crippen LogP contribution in [0.4, 0.5) is 13.2 Å². The number of fused-ring (bicyclic) bond motifs is 3. The number of hydrogen-bond acceptors (Lipinski definition) is 3. The van der Waals surface area contributed by atoms with E-state index in [9.17, 15) is 18.0 Å². The molecule has 0 saturated heterocycles. The number of Topliss-reactive ketones (excluding diaryl/α,β-unsaturated/α-hetero) is 1. The Morgan fingerprint density at radius 1 is 0.750 bits per heavy atom. The van der Waals surface area contributed by atoms with E-state index in [4.69, 9.17) is 13.0 Å². The third kappa shape index (κ3) is 6.03. The predicted octanol–water partition coefficient (Wildman–Crippen LogP) is 8.97. The fraction of sp³-hybridized carbons (Fsp3) is 0.594. The van der Waals surface area contributed by atoms with Crippen LogP contribution in [-0.2, 0) is 21.3 Å². The van der Waals surface area contributed by atoms with Gasteiger partial charge in [0.25, 0.3) is 0 Å². The minimum absolute atomic E-state index is 0.160. The second kappa shape index (κ2) is 12.0. The van der Waals surface area contributed by atoms with Crippen molar-refractivity contribution in [3.8, 4) is 11.1 Å². The summed E-state index contributed by atoms with van der Waals surface area (Å²) in [6.45, 7) is 0. The quantitative estimate of drug-likeness (QED) is 0.250. The van der Waals surface area contributed by atoms with Crippen molar-refractivity contribution in [1.82, 2.24) is 0 Å². The summed E-state index contributed by atoms with van der Waals surface area (Å²) in [5.74, 6) is 2.08. The third-order valence-electron chi connectivity index (χ3n) is 9.48. The first kappa shape index (κ1) is 29.3. The fourth-order valence-corrected chi connectivity index (χ4v) is 7.63. The average molecular weight is 577 g/mol. The fourth-order valence-electron chi connectivity index (χ4n) is 7.63. The number of hydrogen-bond donors (Lipinski definition) is 1. The van der Waals surface area contributed by atoms with Gasteiger partial charge in [-0.25, -0.2) is 0 Å². The van der Waals surface area contributed by atoms with Crippen molar-refractivity contribution in [1.29, 1.82) is 0 Å². The van der Waals surface area contributed by atoms with E-state index in [-0.39, 0.29) is 5.92 Å². The minimum Gasteiger partial charge on any atom is -0.299 e. The molecule has 0 amide bonds. The summed E-state index contributed by atoms with van der Waals surface area (Å²) in [4.78, 5) is 13.4. The zero-order valence-electron chi connectivity index (χ0n) is 22.9. The van der Waals surface area contributed by atoms with Gasteiger partial charge in [0.15, 0.2) is 0 Å². The van der Waals surface area contributed by atoms with Crippen LogP contribution in [0.15, 0.2) is 30.3 Å². The van der Waals surface area contributed by atoms with Crippen molar-refractivity contribution in [3.05, 3.63) is 58.1 Å². The van der Waals surface area contributed by atoms with E-state index in [1.54, 1.807) is 11.1 Å². The molecule has 0 aliphatic heterocycles. The molecular formula is C32H39F3O4S. The van der Waals surface area contributed by atoms with Crippen molar-refractivity contribution in [2.45, 2.75) is 120 Å². The van der Waals surface area contributed by atoms with Gasteiger partial charge >= 0.3 is 15.6 Å². The van der Waals surface area contributed by atoms with Crippen LogP contribution in [0.3, 0.4) is 0 Å². The summed E-state index contributed by atoms with van der Waals surface area (Å²) in [6.07, 6.45) is 18.9. The van der Waals surface area contributed by atoms with Gasteiger partial charge in [-0.1, -0.05) is 75.3 Å². The van der Waals surface area contributed by atoms with Crippen LogP contribution in [0.1, 0.15) is 135 Å².